The molecule has 1 N–H and O–H groups in total. The number of carboxylic acid groups (broad SMARTS) is 1. The zero-order valence-corrected chi connectivity index (χ0v) is 9.43. The Bertz CT molecular complexity index is 549. The first-order chi connectivity index (χ1) is 8.75. The first-order valence-corrected chi connectivity index (χ1v) is 5.25. The monoisotopic (exact) mass is 245 g/mol. The number of benzene rings is 1. The third-order valence-electron chi connectivity index (χ3n) is 2.06. The van der Waals surface area contributed by atoms with Crippen molar-refractivity contribution in [3.63, 3.8) is 0 Å². The number of carbonyl (C=O) groups is 1. The van der Waals surface area contributed by atoms with Crippen molar-refractivity contribution >= 4 is 5.97 Å². The molecule has 2 aromatic rings. The minimum Gasteiger partial charge on any atom is -0.478 e. The molecule has 1 aromatic heterocycles. The van der Waals surface area contributed by atoms with Gasteiger partial charge in [-0.1, -0.05) is 18.2 Å². The fourth-order valence-electron chi connectivity index (χ4n) is 1.29. The number of hydrogen-bond acceptors (Lipinski definition) is 4. The van der Waals surface area contributed by atoms with E-state index in [-0.39, 0.29) is 12.6 Å². The molecule has 18 heavy (non-hydrogen) atoms. The van der Waals surface area contributed by atoms with E-state index in [1.807, 2.05) is 30.3 Å². The lowest BCUT2D eigenvalue weighted by Crippen LogP contribution is -1.99. The number of aliphatic carboxylic acids is 1. The van der Waals surface area contributed by atoms with E-state index in [9.17, 15) is 4.79 Å². The number of nitrogens with zero attached hydrogens (tertiary/aromatic N) is 3. The van der Waals surface area contributed by atoms with Crippen molar-refractivity contribution in [2.45, 2.75) is 0 Å². The number of aromatic nitrogens is 3. The van der Waals surface area contributed by atoms with Gasteiger partial charge in [-0.05, 0) is 18.2 Å². The molecule has 92 valence electrons. The summed E-state index contributed by atoms with van der Waals surface area (Å²) in [6.07, 6.45) is 3.92. The SMILES string of the molecule is O=C(O)/C=C/COc1ncn(-c2ccccc2)n1. The van der Waals surface area contributed by atoms with Gasteiger partial charge in [-0.2, -0.15) is 4.98 Å². The molecule has 6 nitrogen and oxygen atoms in total. The lowest BCUT2D eigenvalue weighted by Gasteiger charge is -1.98. The van der Waals surface area contributed by atoms with E-state index in [2.05, 4.69) is 10.1 Å². The molecule has 0 aliphatic heterocycles. The van der Waals surface area contributed by atoms with Gasteiger partial charge < -0.3 is 9.84 Å². The summed E-state index contributed by atoms with van der Waals surface area (Å²) in [5, 5.41) is 12.5. The zero-order chi connectivity index (χ0) is 12.8. The number of para-hydroxylation sites is 1. The van der Waals surface area contributed by atoms with Crippen LogP contribution in [0.4, 0.5) is 0 Å². The van der Waals surface area contributed by atoms with Crippen LogP contribution in [0, 0.1) is 0 Å². The maximum atomic E-state index is 10.2. The van der Waals surface area contributed by atoms with Gasteiger partial charge in [0.25, 0.3) is 0 Å². The first-order valence-electron chi connectivity index (χ1n) is 5.25. The van der Waals surface area contributed by atoms with E-state index in [0.717, 1.165) is 11.8 Å². The molecule has 0 saturated carbocycles. The van der Waals surface area contributed by atoms with Crippen LogP contribution in [-0.4, -0.2) is 32.4 Å². The van der Waals surface area contributed by atoms with Crippen LogP contribution >= 0.6 is 0 Å². The minimum absolute atomic E-state index is 0.116. The molecule has 0 aliphatic carbocycles. The van der Waals surface area contributed by atoms with Gasteiger partial charge in [-0.3, -0.25) is 0 Å². The summed E-state index contributed by atoms with van der Waals surface area (Å²) in [6.45, 7) is 0.116. The predicted molar refractivity (Wildman–Crippen MR) is 63.6 cm³/mol. The Labute approximate surface area is 103 Å². The fourth-order valence-corrected chi connectivity index (χ4v) is 1.29. The number of rotatable bonds is 5. The number of hydrogen-bond donors (Lipinski definition) is 1. The highest BCUT2D eigenvalue weighted by molar-refractivity contribution is 5.79. The maximum Gasteiger partial charge on any atom is 0.336 e. The smallest absolute Gasteiger partial charge is 0.336 e. The van der Waals surface area contributed by atoms with Crippen molar-refractivity contribution < 1.29 is 14.6 Å². The summed E-state index contributed by atoms with van der Waals surface area (Å²) in [6, 6.07) is 9.69. The van der Waals surface area contributed by atoms with Crippen LogP contribution in [0.15, 0.2) is 48.8 Å². The number of carboxylic acids is 1. The Morgan fingerprint density at radius 2 is 2.17 bits per heavy atom. The van der Waals surface area contributed by atoms with E-state index in [1.165, 1.54) is 12.4 Å². The highest BCUT2D eigenvalue weighted by atomic mass is 16.5. The van der Waals surface area contributed by atoms with E-state index in [1.54, 1.807) is 4.68 Å². The standard InChI is InChI=1S/C12H11N3O3/c16-11(17)7-4-8-18-12-13-9-15(14-12)10-5-2-1-3-6-10/h1-7,9H,8H2,(H,16,17)/b7-4+. The summed E-state index contributed by atoms with van der Waals surface area (Å²) in [5.74, 6) is -1.01. The van der Waals surface area contributed by atoms with Gasteiger partial charge in [0.1, 0.15) is 12.9 Å². The van der Waals surface area contributed by atoms with Crippen molar-refractivity contribution in [1.82, 2.24) is 14.8 Å². The largest absolute Gasteiger partial charge is 0.478 e. The second-order valence-corrected chi connectivity index (χ2v) is 3.36. The topological polar surface area (TPSA) is 77.2 Å². The third kappa shape index (κ3) is 3.18. The van der Waals surface area contributed by atoms with Gasteiger partial charge in [0, 0.05) is 6.08 Å². The van der Waals surface area contributed by atoms with Gasteiger partial charge in [0.15, 0.2) is 0 Å². The Morgan fingerprint density at radius 3 is 2.89 bits per heavy atom. The summed E-state index contributed by atoms with van der Waals surface area (Å²) in [5.41, 5.74) is 0.876. The highest BCUT2D eigenvalue weighted by Gasteiger charge is 2.02. The van der Waals surface area contributed by atoms with E-state index >= 15 is 0 Å². The summed E-state index contributed by atoms with van der Waals surface area (Å²) in [4.78, 5) is 14.2. The van der Waals surface area contributed by atoms with Gasteiger partial charge in [0.05, 0.1) is 5.69 Å². The molecule has 6 heteroatoms. The third-order valence-corrected chi connectivity index (χ3v) is 2.06. The van der Waals surface area contributed by atoms with Crippen LogP contribution in [0.2, 0.25) is 0 Å². The average molecular weight is 245 g/mol. The molecule has 0 bridgehead atoms. The van der Waals surface area contributed by atoms with Crippen molar-refractivity contribution in [2.75, 3.05) is 6.61 Å². The maximum absolute atomic E-state index is 10.2. The van der Waals surface area contributed by atoms with E-state index in [4.69, 9.17) is 9.84 Å². The van der Waals surface area contributed by atoms with Crippen molar-refractivity contribution in [2.24, 2.45) is 0 Å². The molecule has 0 radical (unpaired) electrons. The molecule has 0 atom stereocenters. The second-order valence-electron chi connectivity index (χ2n) is 3.36. The molecule has 1 aromatic carbocycles. The molecule has 0 unspecified atom stereocenters. The Balaban J connectivity index is 1.97. The van der Waals surface area contributed by atoms with Crippen molar-refractivity contribution in [1.29, 1.82) is 0 Å². The molecule has 0 spiro atoms. The molecular weight excluding hydrogens is 234 g/mol. The molecule has 0 aliphatic rings. The van der Waals surface area contributed by atoms with Crippen LogP contribution in [0.1, 0.15) is 0 Å². The molecule has 2 rings (SSSR count). The zero-order valence-electron chi connectivity index (χ0n) is 9.43. The lowest BCUT2D eigenvalue weighted by molar-refractivity contribution is -0.131. The second kappa shape index (κ2) is 5.62. The van der Waals surface area contributed by atoms with Crippen LogP contribution in [-0.2, 0) is 4.79 Å². The Kier molecular flexibility index (Phi) is 3.70. The summed E-state index contributed by atoms with van der Waals surface area (Å²) in [7, 11) is 0. The van der Waals surface area contributed by atoms with Gasteiger partial charge in [-0.15, -0.1) is 5.10 Å². The minimum atomic E-state index is -1.01. The van der Waals surface area contributed by atoms with Crippen molar-refractivity contribution in [3.8, 4) is 11.7 Å². The predicted octanol–water partition coefficient (Wildman–Crippen LogP) is 1.29. The Morgan fingerprint density at radius 1 is 1.39 bits per heavy atom. The van der Waals surface area contributed by atoms with Crippen LogP contribution in [0.3, 0.4) is 0 Å². The Hall–Kier alpha value is -2.63. The fraction of sp³-hybridized carbons (Fsp3) is 0.0833. The van der Waals surface area contributed by atoms with Crippen LogP contribution in [0.5, 0.6) is 6.01 Å². The molecule has 0 fully saturated rings. The van der Waals surface area contributed by atoms with Gasteiger partial charge in [-0.25, -0.2) is 9.48 Å². The molecular formula is C12H11N3O3. The summed E-state index contributed by atoms with van der Waals surface area (Å²) < 4.78 is 6.74. The average Bonchev–Trinajstić information content (AvgIpc) is 2.84. The van der Waals surface area contributed by atoms with Crippen molar-refractivity contribution in [3.05, 3.63) is 48.8 Å². The van der Waals surface area contributed by atoms with Crippen LogP contribution < -0.4 is 4.74 Å². The normalized spacial score (nSPS) is 10.7. The van der Waals surface area contributed by atoms with Gasteiger partial charge >= 0.3 is 12.0 Å². The first kappa shape index (κ1) is 11.8. The van der Waals surface area contributed by atoms with Crippen LogP contribution in [0.25, 0.3) is 5.69 Å². The highest BCUT2D eigenvalue weighted by Crippen LogP contribution is 2.07. The summed E-state index contributed by atoms with van der Waals surface area (Å²) >= 11 is 0. The molecule has 0 saturated heterocycles. The molecule has 0 amide bonds. The number of ether oxygens (including phenoxy) is 1. The lowest BCUT2D eigenvalue weighted by atomic mass is 10.3. The van der Waals surface area contributed by atoms with Gasteiger partial charge in [0.2, 0.25) is 0 Å². The quantitative estimate of drug-likeness (QED) is 0.803. The van der Waals surface area contributed by atoms with E-state index in [0.29, 0.717) is 0 Å². The molecule has 1 heterocycles. The van der Waals surface area contributed by atoms with E-state index < -0.39 is 5.97 Å².